The molecule has 1 aliphatic rings. The Morgan fingerprint density at radius 2 is 1.92 bits per heavy atom. The number of halogens is 2. The largest absolute Gasteiger partial charge is 0.343 e. The quantitative estimate of drug-likeness (QED) is 0.687. The average Bonchev–Trinajstić information content (AvgIpc) is 3.14. The van der Waals surface area contributed by atoms with E-state index in [-0.39, 0.29) is 23.3 Å². The van der Waals surface area contributed by atoms with Gasteiger partial charge in [0.1, 0.15) is 16.9 Å². The third-order valence-corrected chi connectivity index (χ3v) is 5.69. The van der Waals surface area contributed by atoms with Gasteiger partial charge in [0.2, 0.25) is 5.91 Å². The molecular formula is C19H14F2N2O2S. The fraction of sp³-hybridized carbons (Fsp3) is 0.158. The standard InChI is InChI=1S/C19H14F2N2O2S/c1-22-18(24)17(26-19(22)25)14-3-2-4-16-13(14)7-8-23(16)10-11-9-12(20)5-6-15(11)21/h2-9,17H,10H2,1H3. The third-order valence-electron chi connectivity index (χ3n) is 4.53. The molecule has 1 aliphatic heterocycles. The van der Waals surface area contributed by atoms with Crippen LogP contribution in [-0.2, 0) is 11.3 Å². The molecule has 1 unspecified atom stereocenters. The highest BCUT2D eigenvalue weighted by molar-refractivity contribution is 8.15. The lowest BCUT2D eigenvalue weighted by molar-refractivity contribution is -0.125. The van der Waals surface area contributed by atoms with E-state index in [0.717, 1.165) is 45.3 Å². The van der Waals surface area contributed by atoms with Gasteiger partial charge in [0.15, 0.2) is 0 Å². The molecule has 2 heterocycles. The van der Waals surface area contributed by atoms with E-state index >= 15 is 0 Å². The van der Waals surface area contributed by atoms with Crippen LogP contribution in [0.15, 0.2) is 48.7 Å². The highest BCUT2D eigenvalue weighted by Gasteiger charge is 2.39. The smallest absolute Gasteiger partial charge is 0.289 e. The van der Waals surface area contributed by atoms with Crippen LogP contribution in [0.3, 0.4) is 0 Å². The van der Waals surface area contributed by atoms with E-state index in [1.165, 1.54) is 13.1 Å². The SMILES string of the molecule is CN1C(=O)SC(c2cccc3c2ccn3Cc2cc(F)ccc2F)C1=O. The van der Waals surface area contributed by atoms with Crippen molar-refractivity contribution in [3.63, 3.8) is 0 Å². The summed E-state index contributed by atoms with van der Waals surface area (Å²) in [7, 11) is 1.47. The van der Waals surface area contributed by atoms with Crippen LogP contribution >= 0.6 is 11.8 Å². The molecule has 0 aliphatic carbocycles. The van der Waals surface area contributed by atoms with Gasteiger partial charge in [-0.1, -0.05) is 12.1 Å². The molecule has 132 valence electrons. The molecule has 0 bridgehead atoms. The molecule has 1 fully saturated rings. The van der Waals surface area contributed by atoms with Crippen molar-refractivity contribution in [3.8, 4) is 0 Å². The molecule has 26 heavy (non-hydrogen) atoms. The molecule has 4 nitrogen and oxygen atoms in total. The van der Waals surface area contributed by atoms with E-state index in [2.05, 4.69) is 0 Å². The predicted octanol–water partition coefficient (Wildman–Crippen LogP) is 4.33. The van der Waals surface area contributed by atoms with Gasteiger partial charge >= 0.3 is 0 Å². The summed E-state index contributed by atoms with van der Waals surface area (Å²) >= 11 is 0.986. The van der Waals surface area contributed by atoms with Gasteiger partial charge in [-0.25, -0.2) is 8.78 Å². The Balaban J connectivity index is 1.75. The Hall–Kier alpha value is -2.67. The van der Waals surface area contributed by atoms with Gasteiger partial charge < -0.3 is 4.57 Å². The predicted molar refractivity (Wildman–Crippen MR) is 95.9 cm³/mol. The number of imide groups is 1. The van der Waals surface area contributed by atoms with Crippen molar-refractivity contribution in [2.45, 2.75) is 11.8 Å². The van der Waals surface area contributed by atoms with Gasteiger partial charge in [-0.15, -0.1) is 0 Å². The molecular weight excluding hydrogens is 358 g/mol. The Labute approximate surface area is 152 Å². The molecule has 0 radical (unpaired) electrons. The molecule has 0 N–H and O–H groups in total. The van der Waals surface area contributed by atoms with E-state index in [9.17, 15) is 18.4 Å². The fourth-order valence-corrected chi connectivity index (χ4v) is 4.20. The topological polar surface area (TPSA) is 42.3 Å². The maximum absolute atomic E-state index is 14.0. The van der Waals surface area contributed by atoms with Crippen LogP contribution in [0.4, 0.5) is 13.6 Å². The zero-order valence-corrected chi connectivity index (χ0v) is 14.6. The van der Waals surface area contributed by atoms with E-state index in [4.69, 9.17) is 0 Å². The second-order valence-corrected chi connectivity index (χ2v) is 7.18. The van der Waals surface area contributed by atoms with Crippen LogP contribution in [-0.4, -0.2) is 27.7 Å². The molecule has 0 saturated carbocycles. The number of carbonyl (C=O) groups is 2. The van der Waals surface area contributed by atoms with E-state index in [0.29, 0.717) is 0 Å². The highest BCUT2D eigenvalue weighted by Crippen LogP contribution is 2.41. The number of aromatic nitrogens is 1. The van der Waals surface area contributed by atoms with Crippen LogP contribution in [0.5, 0.6) is 0 Å². The number of nitrogens with zero attached hydrogens (tertiary/aromatic N) is 2. The number of hydrogen-bond donors (Lipinski definition) is 0. The normalized spacial score (nSPS) is 17.5. The monoisotopic (exact) mass is 372 g/mol. The Morgan fingerprint density at radius 3 is 2.65 bits per heavy atom. The minimum absolute atomic E-state index is 0.168. The van der Waals surface area contributed by atoms with Crippen molar-refractivity contribution in [3.05, 3.63) is 71.4 Å². The number of fused-ring (bicyclic) bond motifs is 1. The summed E-state index contributed by atoms with van der Waals surface area (Å²) in [5.74, 6) is -1.22. The summed E-state index contributed by atoms with van der Waals surface area (Å²) < 4.78 is 29.2. The van der Waals surface area contributed by atoms with Gasteiger partial charge in [-0.3, -0.25) is 14.5 Å². The maximum Gasteiger partial charge on any atom is 0.289 e. The van der Waals surface area contributed by atoms with E-state index in [1.807, 2.05) is 18.2 Å². The number of hydrogen-bond acceptors (Lipinski definition) is 3. The fourth-order valence-electron chi connectivity index (χ4n) is 3.15. The first-order valence-electron chi connectivity index (χ1n) is 7.95. The average molecular weight is 372 g/mol. The zero-order valence-electron chi connectivity index (χ0n) is 13.8. The molecule has 2 amide bonds. The lowest BCUT2D eigenvalue weighted by Crippen LogP contribution is -2.24. The van der Waals surface area contributed by atoms with Crippen molar-refractivity contribution in [2.75, 3.05) is 7.05 Å². The second-order valence-electron chi connectivity index (χ2n) is 6.12. The first kappa shape index (κ1) is 16.8. The Morgan fingerprint density at radius 1 is 1.12 bits per heavy atom. The summed E-state index contributed by atoms with van der Waals surface area (Å²) in [5.41, 5.74) is 1.78. The summed E-state index contributed by atoms with van der Waals surface area (Å²) in [4.78, 5) is 25.3. The minimum atomic E-state index is -0.585. The van der Waals surface area contributed by atoms with Crippen molar-refractivity contribution < 1.29 is 18.4 Å². The van der Waals surface area contributed by atoms with Crippen molar-refractivity contribution in [2.24, 2.45) is 0 Å². The van der Waals surface area contributed by atoms with Gasteiger partial charge in [0.25, 0.3) is 5.24 Å². The maximum atomic E-state index is 14.0. The van der Waals surface area contributed by atoms with Crippen LogP contribution in [0.2, 0.25) is 0 Å². The number of thioether (sulfide) groups is 1. The third kappa shape index (κ3) is 2.68. The van der Waals surface area contributed by atoms with Gasteiger partial charge in [0.05, 0.1) is 6.54 Å². The van der Waals surface area contributed by atoms with Crippen molar-refractivity contribution in [1.29, 1.82) is 0 Å². The van der Waals surface area contributed by atoms with E-state index < -0.39 is 16.9 Å². The molecule has 1 atom stereocenters. The number of benzene rings is 2. The summed E-state index contributed by atoms with van der Waals surface area (Å²) in [6, 6.07) is 10.7. The molecule has 1 saturated heterocycles. The molecule has 2 aromatic carbocycles. The first-order valence-corrected chi connectivity index (χ1v) is 8.83. The summed E-state index contributed by atoms with van der Waals surface area (Å²) in [6.45, 7) is 0.168. The molecule has 7 heteroatoms. The van der Waals surface area contributed by atoms with Crippen molar-refractivity contribution in [1.82, 2.24) is 9.47 Å². The van der Waals surface area contributed by atoms with Gasteiger partial charge in [-0.05, 0) is 47.7 Å². The molecule has 0 spiro atoms. The lowest BCUT2D eigenvalue weighted by Gasteiger charge is -2.11. The number of amides is 2. The lowest BCUT2D eigenvalue weighted by atomic mass is 10.1. The number of carbonyl (C=O) groups excluding carboxylic acids is 2. The van der Waals surface area contributed by atoms with Crippen molar-refractivity contribution >= 4 is 33.8 Å². The molecule has 3 aromatic rings. The first-order chi connectivity index (χ1) is 12.5. The number of likely N-dealkylation sites (N-methyl/N-ethyl adjacent to an activating group) is 1. The second kappa shape index (κ2) is 6.25. The minimum Gasteiger partial charge on any atom is -0.343 e. The Bertz CT molecular complexity index is 1050. The van der Waals surface area contributed by atoms with E-state index in [1.54, 1.807) is 16.8 Å². The van der Waals surface area contributed by atoms with Crippen LogP contribution in [0, 0.1) is 11.6 Å². The summed E-state index contributed by atoms with van der Waals surface area (Å²) in [5, 5.41) is -0.0468. The van der Waals surface area contributed by atoms with Crippen LogP contribution in [0.25, 0.3) is 10.9 Å². The van der Waals surface area contributed by atoms with Gasteiger partial charge in [-0.2, -0.15) is 0 Å². The summed E-state index contributed by atoms with van der Waals surface area (Å²) in [6.07, 6.45) is 1.77. The Kier molecular flexibility index (Phi) is 4.03. The van der Waals surface area contributed by atoms with Gasteiger partial charge in [0, 0.05) is 29.7 Å². The molecule has 1 aromatic heterocycles. The number of rotatable bonds is 3. The van der Waals surface area contributed by atoms with Crippen LogP contribution in [0.1, 0.15) is 16.4 Å². The zero-order chi connectivity index (χ0) is 18.4. The highest BCUT2D eigenvalue weighted by atomic mass is 32.2. The van der Waals surface area contributed by atoms with Crippen LogP contribution < -0.4 is 0 Å². The molecule has 4 rings (SSSR count).